The molecule has 2 aliphatic heterocycles. The number of fused-ring (bicyclic) bond motifs is 1. The zero-order chi connectivity index (χ0) is 22.1. The van der Waals surface area contributed by atoms with Crippen LogP contribution in [0.25, 0.3) is 11.5 Å². The molecule has 32 heavy (non-hydrogen) atoms. The van der Waals surface area contributed by atoms with Gasteiger partial charge in [-0.25, -0.2) is 4.98 Å². The Hall–Kier alpha value is -2.63. The Morgan fingerprint density at radius 3 is 2.72 bits per heavy atom. The molecule has 0 aliphatic carbocycles. The van der Waals surface area contributed by atoms with Gasteiger partial charge in [0.25, 0.3) is 0 Å². The number of aromatic nitrogens is 1. The largest absolute Gasteiger partial charge is 0.441 e. The van der Waals surface area contributed by atoms with Crippen LogP contribution in [0.1, 0.15) is 35.4 Å². The Morgan fingerprint density at radius 1 is 1.12 bits per heavy atom. The lowest BCUT2D eigenvalue weighted by atomic mass is 9.94. The van der Waals surface area contributed by atoms with Crippen molar-refractivity contribution in [3.8, 4) is 11.5 Å². The molecule has 1 atom stereocenters. The summed E-state index contributed by atoms with van der Waals surface area (Å²) in [6, 6.07) is 16.0. The summed E-state index contributed by atoms with van der Waals surface area (Å²) in [6.45, 7) is 5.97. The van der Waals surface area contributed by atoms with Crippen molar-refractivity contribution in [2.24, 2.45) is 5.92 Å². The maximum absolute atomic E-state index is 13.3. The summed E-state index contributed by atoms with van der Waals surface area (Å²) in [5, 5.41) is 0.693. The molecule has 3 heterocycles. The van der Waals surface area contributed by atoms with Gasteiger partial charge in [0.15, 0.2) is 0 Å². The average Bonchev–Trinajstić information content (AvgIpc) is 3.19. The summed E-state index contributed by atoms with van der Waals surface area (Å²) in [5.41, 5.74) is 4.52. The number of oxazole rings is 1. The quantitative estimate of drug-likeness (QED) is 0.556. The summed E-state index contributed by atoms with van der Waals surface area (Å²) in [7, 11) is 0. The predicted molar refractivity (Wildman–Crippen MR) is 125 cm³/mol. The fraction of sp³-hybridized carbons (Fsp3) is 0.385. The second-order valence-electron chi connectivity index (χ2n) is 8.88. The van der Waals surface area contributed by atoms with Crippen LogP contribution in [0.5, 0.6) is 0 Å². The molecule has 0 spiro atoms. The van der Waals surface area contributed by atoms with E-state index in [0.29, 0.717) is 23.4 Å². The van der Waals surface area contributed by atoms with Gasteiger partial charge >= 0.3 is 0 Å². The number of likely N-dealkylation sites (tertiary alicyclic amines) is 1. The third kappa shape index (κ3) is 4.45. The van der Waals surface area contributed by atoms with Crippen molar-refractivity contribution in [3.05, 3.63) is 76.1 Å². The highest BCUT2D eigenvalue weighted by molar-refractivity contribution is 6.30. The van der Waals surface area contributed by atoms with Crippen LogP contribution in [0.2, 0.25) is 5.02 Å². The topological polar surface area (TPSA) is 49.6 Å². The molecule has 1 saturated heterocycles. The number of aryl methyl sites for hydroxylation is 1. The van der Waals surface area contributed by atoms with Crippen LogP contribution in [0.3, 0.4) is 0 Å². The molecule has 5 rings (SSSR count). The first-order valence-electron chi connectivity index (χ1n) is 11.4. The van der Waals surface area contributed by atoms with Crippen LogP contribution >= 0.6 is 11.6 Å². The van der Waals surface area contributed by atoms with Crippen molar-refractivity contribution in [1.29, 1.82) is 0 Å². The Labute approximate surface area is 194 Å². The van der Waals surface area contributed by atoms with Crippen molar-refractivity contribution in [3.63, 3.8) is 0 Å². The van der Waals surface area contributed by atoms with Gasteiger partial charge in [-0.15, -0.1) is 0 Å². The minimum Gasteiger partial charge on any atom is -0.441 e. The van der Waals surface area contributed by atoms with Crippen LogP contribution in [0.4, 0.5) is 0 Å². The van der Waals surface area contributed by atoms with Crippen molar-refractivity contribution in [2.45, 2.75) is 39.3 Å². The maximum Gasteiger partial charge on any atom is 0.227 e. The van der Waals surface area contributed by atoms with E-state index in [2.05, 4.69) is 34.1 Å². The van der Waals surface area contributed by atoms with Crippen LogP contribution < -0.4 is 0 Å². The van der Waals surface area contributed by atoms with Gasteiger partial charge in [-0.05, 0) is 68.1 Å². The van der Waals surface area contributed by atoms with E-state index < -0.39 is 0 Å². The first kappa shape index (κ1) is 21.2. The number of carbonyl (C=O) groups excluding carboxylic acids is 1. The van der Waals surface area contributed by atoms with Gasteiger partial charge in [-0.2, -0.15) is 0 Å². The van der Waals surface area contributed by atoms with E-state index in [-0.39, 0.29) is 5.92 Å². The average molecular weight is 450 g/mol. The standard InChI is InChI=1S/C26H28ClN3O2/c1-18-24(28-25(32-18)20-8-10-23(27)11-9-20)17-29-13-4-7-22(15-29)26(31)30-14-12-19-5-2-3-6-21(19)16-30/h2-3,5-6,8-11,22H,4,7,12-17H2,1H3. The van der Waals surface area contributed by atoms with Gasteiger partial charge in [0.05, 0.1) is 11.6 Å². The fourth-order valence-electron chi connectivity index (χ4n) is 4.85. The summed E-state index contributed by atoms with van der Waals surface area (Å²) in [4.78, 5) is 22.4. The molecule has 0 saturated carbocycles. The third-order valence-electron chi connectivity index (χ3n) is 6.65. The SMILES string of the molecule is Cc1oc(-c2ccc(Cl)cc2)nc1CN1CCCC(C(=O)N2CCc3ccccc3C2)C1. The minimum absolute atomic E-state index is 0.0527. The van der Waals surface area contributed by atoms with Gasteiger partial charge < -0.3 is 9.32 Å². The van der Waals surface area contributed by atoms with Gasteiger partial charge in [0, 0.05) is 36.8 Å². The lowest BCUT2D eigenvalue weighted by Gasteiger charge is -2.36. The van der Waals surface area contributed by atoms with Gasteiger partial charge in [-0.1, -0.05) is 35.9 Å². The van der Waals surface area contributed by atoms with E-state index in [0.717, 1.165) is 62.5 Å². The van der Waals surface area contributed by atoms with E-state index in [1.54, 1.807) is 0 Å². The number of hydrogen-bond donors (Lipinski definition) is 0. The minimum atomic E-state index is 0.0527. The van der Waals surface area contributed by atoms with Crippen LogP contribution in [-0.2, 0) is 24.3 Å². The molecule has 166 valence electrons. The van der Waals surface area contributed by atoms with E-state index in [9.17, 15) is 4.79 Å². The molecule has 6 heteroatoms. The van der Waals surface area contributed by atoms with E-state index in [4.69, 9.17) is 21.0 Å². The highest BCUT2D eigenvalue weighted by Crippen LogP contribution is 2.27. The third-order valence-corrected chi connectivity index (χ3v) is 6.91. The number of rotatable bonds is 4. The number of hydrogen-bond acceptors (Lipinski definition) is 4. The van der Waals surface area contributed by atoms with E-state index >= 15 is 0 Å². The normalized spacial score (nSPS) is 19.1. The summed E-state index contributed by atoms with van der Waals surface area (Å²) in [6.07, 6.45) is 2.94. The Balaban J connectivity index is 1.24. The molecule has 3 aromatic rings. The first-order chi connectivity index (χ1) is 15.6. The molecule has 0 bridgehead atoms. The van der Waals surface area contributed by atoms with E-state index in [1.807, 2.05) is 31.2 Å². The zero-order valence-corrected chi connectivity index (χ0v) is 19.1. The molecule has 2 aromatic carbocycles. The lowest BCUT2D eigenvalue weighted by Crippen LogP contribution is -2.46. The second-order valence-corrected chi connectivity index (χ2v) is 9.32. The van der Waals surface area contributed by atoms with Gasteiger partial charge in [0.1, 0.15) is 5.76 Å². The highest BCUT2D eigenvalue weighted by Gasteiger charge is 2.31. The maximum atomic E-state index is 13.3. The number of nitrogens with zero attached hydrogens (tertiary/aromatic N) is 3. The number of carbonyl (C=O) groups is 1. The molecule has 0 radical (unpaired) electrons. The van der Waals surface area contributed by atoms with Gasteiger partial charge in [-0.3, -0.25) is 9.69 Å². The molecule has 1 fully saturated rings. The lowest BCUT2D eigenvalue weighted by molar-refractivity contribution is -0.138. The summed E-state index contributed by atoms with van der Waals surface area (Å²) in [5.74, 6) is 1.79. The van der Waals surface area contributed by atoms with Crippen LogP contribution in [0, 0.1) is 12.8 Å². The number of amides is 1. The molecular formula is C26H28ClN3O2. The predicted octanol–water partition coefficient (Wildman–Crippen LogP) is 5.10. The molecule has 0 N–H and O–H groups in total. The molecule has 2 aliphatic rings. The second kappa shape index (κ2) is 9.08. The summed E-state index contributed by atoms with van der Waals surface area (Å²) < 4.78 is 5.93. The molecule has 1 amide bonds. The Kier molecular flexibility index (Phi) is 6.03. The van der Waals surface area contributed by atoms with Crippen LogP contribution in [-0.4, -0.2) is 40.3 Å². The fourth-order valence-corrected chi connectivity index (χ4v) is 4.97. The molecular weight excluding hydrogens is 422 g/mol. The van der Waals surface area contributed by atoms with Crippen molar-refractivity contribution >= 4 is 17.5 Å². The number of benzene rings is 2. The molecule has 1 unspecified atom stereocenters. The van der Waals surface area contributed by atoms with Crippen LogP contribution in [0.15, 0.2) is 52.9 Å². The highest BCUT2D eigenvalue weighted by atomic mass is 35.5. The van der Waals surface area contributed by atoms with Crippen molar-refractivity contribution in [1.82, 2.24) is 14.8 Å². The smallest absolute Gasteiger partial charge is 0.227 e. The summed E-state index contributed by atoms with van der Waals surface area (Å²) >= 11 is 6.00. The Morgan fingerprint density at radius 2 is 1.91 bits per heavy atom. The van der Waals surface area contributed by atoms with Crippen molar-refractivity contribution in [2.75, 3.05) is 19.6 Å². The molecule has 5 nitrogen and oxygen atoms in total. The Bertz CT molecular complexity index is 1110. The zero-order valence-electron chi connectivity index (χ0n) is 18.4. The van der Waals surface area contributed by atoms with E-state index in [1.165, 1.54) is 11.1 Å². The molecule has 1 aromatic heterocycles. The van der Waals surface area contributed by atoms with Gasteiger partial charge in [0.2, 0.25) is 11.8 Å². The number of piperidine rings is 1. The number of halogens is 1. The monoisotopic (exact) mass is 449 g/mol. The first-order valence-corrected chi connectivity index (χ1v) is 11.7. The van der Waals surface area contributed by atoms with Crippen molar-refractivity contribution < 1.29 is 9.21 Å².